The number of allylic oxidation sites excluding steroid dienone is 2. The number of carbonyl (C=O) groups excluding carboxylic acids is 1. The Morgan fingerprint density at radius 1 is 1.09 bits per heavy atom. The highest BCUT2D eigenvalue weighted by atomic mass is 16.5. The molecule has 1 aliphatic carbocycles. The SMILES string of the molecule is COc1cc2c(cc1OC)[C@@H]1[C@@H]3CC=CC[C@@H]3C(=O)N1CC2. The van der Waals surface area contributed by atoms with Gasteiger partial charge in [0, 0.05) is 12.5 Å². The minimum Gasteiger partial charge on any atom is -0.493 e. The summed E-state index contributed by atoms with van der Waals surface area (Å²) in [4.78, 5) is 14.8. The van der Waals surface area contributed by atoms with Crippen molar-refractivity contribution in [3.63, 3.8) is 0 Å². The van der Waals surface area contributed by atoms with Gasteiger partial charge in [-0.3, -0.25) is 4.79 Å². The van der Waals surface area contributed by atoms with Crippen LogP contribution in [0.4, 0.5) is 0 Å². The molecule has 0 unspecified atom stereocenters. The molecule has 3 aliphatic rings. The summed E-state index contributed by atoms with van der Waals surface area (Å²) in [6, 6.07) is 4.37. The molecule has 1 aromatic rings. The zero-order valence-corrected chi connectivity index (χ0v) is 13.0. The Morgan fingerprint density at radius 3 is 2.59 bits per heavy atom. The number of nitrogens with zero attached hydrogens (tertiary/aromatic N) is 1. The first-order valence-electron chi connectivity index (χ1n) is 7.95. The van der Waals surface area contributed by atoms with E-state index in [0.717, 1.165) is 37.3 Å². The molecule has 0 aromatic heterocycles. The van der Waals surface area contributed by atoms with E-state index in [1.807, 2.05) is 0 Å². The highest BCUT2D eigenvalue weighted by Gasteiger charge is 2.50. The molecule has 0 bridgehead atoms. The quantitative estimate of drug-likeness (QED) is 0.788. The summed E-state index contributed by atoms with van der Waals surface area (Å²) in [6.45, 7) is 0.818. The van der Waals surface area contributed by atoms with E-state index in [1.165, 1.54) is 11.1 Å². The Labute approximate surface area is 130 Å². The van der Waals surface area contributed by atoms with Crippen LogP contribution < -0.4 is 9.47 Å². The summed E-state index contributed by atoms with van der Waals surface area (Å²) in [5.74, 6) is 2.42. The Bertz CT molecular complexity index is 652. The third-order valence-corrected chi connectivity index (χ3v) is 5.41. The molecule has 1 aromatic carbocycles. The Morgan fingerprint density at radius 2 is 1.82 bits per heavy atom. The van der Waals surface area contributed by atoms with Crippen molar-refractivity contribution in [2.24, 2.45) is 11.8 Å². The molecule has 2 aliphatic heterocycles. The average Bonchev–Trinajstić information content (AvgIpc) is 2.87. The second kappa shape index (κ2) is 5.04. The summed E-state index contributed by atoms with van der Waals surface area (Å²) in [6.07, 6.45) is 7.16. The van der Waals surface area contributed by atoms with E-state index in [0.29, 0.717) is 11.8 Å². The monoisotopic (exact) mass is 299 g/mol. The number of rotatable bonds is 2. The van der Waals surface area contributed by atoms with Crippen molar-refractivity contribution < 1.29 is 14.3 Å². The normalized spacial score (nSPS) is 28.9. The number of amides is 1. The summed E-state index contributed by atoms with van der Waals surface area (Å²) < 4.78 is 10.9. The van der Waals surface area contributed by atoms with E-state index < -0.39 is 0 Å². The highest BCUT2D eigenvalue weighted by molar-refractivity contribution is 5.83. The van der Waals surface area contributed by atoms with Gasteiger partial charge in [0.15, 0.2) is 11.5 Å². The Balaban J connectivity index is 1.82. The van der Waals surface area contributed by atoms with Crippen molar-refractivity contribution in [2.75, 3.05) is 20.8 Å². The Hall–Kier alpha value is -1.97. The predicted molar refractivity (Wildman–Crippen MR) is 83.1 cm³/mol. The lowest BCUT2D eigenvalue weighted by atomic mass is 9.78. The largest absolute Gasteiger partial charge is 0.493 e. The van der Waals surface area contributed by atoms with E-state index in [2.05, 4.69) is 29.2 Å². The predicted octanol–water partition coefficient (Wildman–Crippen LogP) is 2.73. The fraction of sp³-hybridized carbons (Fsp3) is 0.500. The lowest BCUT2D eigenvalue weighted by Gasteiger charge is -2.35. The van der Waals surface area contributed by atoms with Gasteiger partial charge in [0.25, 0.3) is 0 Å². The first-order valence-corrected chi connectivity index (χ1v) is 7.95. The molecule has 4 nitrogen and oxygen atoms in total. The molecule has 4 heteroatoms. The van der Waals surface area contributed by atoms with E-state index in [1.54, 1.807) is 14.2 Å². The first-order chi connectivity index (χ1) is 10.7. The van der Waals surface area contributed by atoms with Gasteiger partial charge >= 0.3 is 0 Å². The van der Waals surface area contributed by atoms with Crippen molar-refractivity contribution in [3.05, 3.63) is 35.4 Å². The minimum absolute atomic E-state index is 0.161. The molecule has 1 saturated heterocycles. The molecule has 0 spiro atoms. The van der Waals surface area contributed by atoms with Gasteiger partial charge in [0.05, 0.1) is 20.3 Å². The number of methoxy groups -OCH3 is 2. The van der Waals surface area contributed by atoms with Gasteiger partial charge in [-0.05, 0) is 48.4 Å². The van der Waals surface area contributed by atoms with E-state index >= 15 is 0 Å². The number of ether oxygens (including phenoxy) is 2. The van der Waals surface area contributed by atoms with Crippen LogP contribution in [-0.4, -0.2) is 31.6 Å². The average molecular weight is 299 g/mol. The van der Waals surface area contributed by atoms with Crippen LogP contribution in [0.2, 0.25) is 0 Å². The van der Waals surface area contributed by atoms with Crippen molar-refractivity contribution in [1.82, 2.24) is 4.90 Å². The molecular formula is C18H21NO3. The van der Waals surface area contributed by atoms with Gasteiger partial charge in [-0.2, -0.15) is 0 Å². The summed E-state index contributed by atoms with van der Waals surface area (Å²) in [5, 5.41) is 0. The topological polar surface area (TPSA) is 38.8 Å². The third-order valence-electron chi connectivity index (χ3n) is 5.41. The van der Waals surface area contributed by atoms with E-state index in [4.69, 9.17) is 9.47 Å². The van der Waals surface area contributed by atoms with Gasteiger partial charge in [0.2, 0.25) is 5.91 Å². The fourth-order valence-corrected chi connectivity index (χ4v) is 4.37. The molecule has 2 heterocycles. The number of hydrogen-bond acceptors (Lipinski definition) is 3. The van der Waals surface area contributed by atoms with Crippen LogP contribution in [0.25, 0.3) is 0 Å². The molecule has 1 fully saturated rings. The fourth-order valence-electron chi connectivity index (χ4n) is 4.37. The van der Waals surface area contributed by atoms with Crippen LogP contribution in [0.15, 0.2) is 24.3 Å². The lowest BCUT2D eigenvalue weighted by Crippen LogP contribution is -2.35. The molecule has 116 valence electrons. The molecule has 22 heavy (non-hydrogen) atoms. The lowest BCUT2D eigenvalue weighted by molar-refractivity contribution is -0.132. The summed E-state index contributed by atoms with van der Waals surface area (Å²) >= 11 is 0. The zero-order valence-electron chi connectivity index (χ0n) is 13.0. The van der Waals surface area contributed by atoms with Gasteiger partial charge in [-0.15, -0.1) is 0 Å². The van der Waals surface area contributed by atoms with Crippen LogP contribution in [0.1, 0.15) is 30.0 Å². The molecule has 0 saturated carbocycles. The number of fused-ring (bicyclic) bond motifs is 5. The van der Waals surface area contributed by atoms with Gasteiger partial charge in [-0.25, -0.2) is 0 Å². The molecule has 4 rings (SSSR count). The maximum atomic E-state index is 12.7. The van der Waals surface area contributed by atoms with Crippen LogP contribution in [0.5, 0.6) is 11.5 Å². The molecule has 0 N–H and O–H groups in total. The second-order valence-electron chi connectivity index (χ2n) is 6.35. The molecular weight excluding hydrogens is 278 g/mol. The second-order valence-corrected chi connectivity index (χ2v) is 6.35. The van der Waals surface area contributed by atoms with Crippen molar-refractivity contribution in [2.45, 2.75) is 25.3 Å². The van der Waals surface area contributed by atoms with Gasteiger partial charge in [-0.1, -0.05) is 12.2 Å². The standard InChI is InChI=1S/C18H21NO3/c1-21-15-9-11-7-8-19-17(14(11)10-16(15)22-2)12-5-3-4-6-13(12)18(19)20/h3-4,9-10,12-13,17H,5-8H2,1-2H3/t12-,13+,17+/m1/s1. The van der Waals surface area contributed by atoms with Crippen LogP contribution >= 0.6 is 0 Å². The van der Waals surface area contributed by atoms with Gasteiger partial charge in [0.1, 0.15) is 0 Å². The Kier molecular flexibility index (Phi) is 3.13. The molecule has 1 amide bonds. The molecule has 3 atom stereocenters. The number of hydrogen-bond donors (Lipinski definition) is 0. The summed E-state index contributed by atoms with van der Waals surface area (Å²) in [7, 11) is 3.33. The van der Waals surface area contributed by atoms with Crippen molar-refractivity contribution in [3.8, 4) is 11.5 Å². The number of benzene rings is 1. The smallest absolute Gasteiger partial charge is 0.226 e. The first kappa shape index (κ1) is 13.7. The minimum atomic E-state index is 0.161. The zero-order chi connectivity index (χ0) is 15.3. The van der Waals surface area contributed by atoms with E-state index in [-0.39, 0.29) is 12.0 Å². The summed E-state index contributed by atoms with van der Waals surface area (Å²) in [5.41, 5.74) is 2.54. The van der Waals surface area contributed by atoms with Crippen molar-refractivity contribution >= 4 is 5.91 Å². The van der Waals surface area contributed by atoms with Crippen LogP contribution in [0, 0.1) is 11.8 Å². The van der Waals surface area contributed by atoms with E-state index in [9.17, 15) is 4.79 Å². The highest BCUT2D eigenvalue weighted by Crippen LogP contribution is 2.51. The maximum absolute atomic E-state index is 12.7. The molecule has 0 radical (unpaired) electrons. The maximum Gasteiger partial charge on any atom is 0.226 e. The number of carbonyl (C=O) groups is 1. The van der Waals surface area contributed by atoms with Crippen LogP contribution in [0.3, 0.4) is 0 Å². The van der Waals surface area contributed by atoms with Crippen LogP contribution in [-0.2, 0) is 11.2 Å². The van der Waals surface area contributed by atoms with Gasteiger partial charge < -0.3 is 14.4 Å². The third kappa shape index (κ3) is 1.79. The van der Waals surface area contributed by atoms with Crippen molar-refractivity contribution in [1.29, 1.82) is 0 Å².